The second-order valence-corrected chi connectivity index (χ2v) is 4.05. The van der Waals surface area contributed by atoms with Gasteiger partial charge >= 0.3 is 6.61 Å². The molecule has 2 N–H and O–H groups in total. The van der Waals surface area contributed by atoms with Crippen LogP contribution in [0.2, 0.25) is 0 Å². The van der Waals surface area contributed by atoms with Crippen LogP contribution in [0.25, 0.3) is 0 Å². The van der Waals surface area contributed by atoms with Crippen molar-refractivity contribution in [2.45, 2.75) is 13.0 Å². The van der Waals surface area contributed by atoms with Crippen LogP contribution in [0.1, 0.15) is 6.42 Å². The highest BCUT2D eigenvalue weighted by atomic mass is 19.3. The predicted molar refractivity (Wildman–Crippen MR) is 62.7 cm³/mol. The van der Waals surface area contributed by atoms with Gasteiger partial charge in [0.25, 0.3) is 0 Å². The Morgan fingerprint density at radius 3 is 2.89 bits per heavy atom. The van der Waals surface area contributed by atoms with Crippen molar-refractivity contribution in [1.29, 1.82) is 0 Å². The number of carbonyl (C=O) groups excluding carboxylic acids is 1. The molecule has 18 heavy (non-hydrogen) atoms. The van der Waals surface area contributed by atoms with Crippen molar-refractivity contribution < 1.29 is 18.3 Å². The minimum atomic E-state index is -2.91. The number of alkyl halides is 2. The molecule has 1 heterocycles. The summed E-state index contributed by atoms with van der Waals surface area (Å²) in [4.78, 5) is 11.9. The molecule has 1 atom stereocenters. The summed E-state index contributed by atoms with van der Waals surface area (Å²) in [5, 5.41) is 5.69. The average Bonchev–Trinajstić information content (AvgIpc) is 2.84. The fourth-order valence-corrected chi connectivity index (χ4v) is 1.88. The second kappa shape index (κ2) is 5.77. The zero-order valence-electron chi connectivity index (χ0n) is 9.66. The normalized spacial score (nSPS) is 18.9. The molecule has 1 saturated heterocycles. The molecule has 1 unspecified atom stereocenters. The molecule has 0 saturated carbocycles. The van der Waals surface area contributed by atoms with E-state index >= 15 is 0 Å². The molecule has 1 aromatic rings. The van der Waals surface area contributed by atoms with Gasteiger partial charge in [-0.15, -0.1) is 0 Å². The topological polar surface area (TPSA) is 50.4 Å². The van der Waals surface area contributed by atoms with Gasteiger partial charge in [0.1, 0.15) is 5.75 Å². The lowest BCUT2D eigenvalue weighted by Gasteiger charge is -2.13. The second-order valence-electron chi connectivity index (χ2n) is 4.05. The van der Waals surface area contributed by atoms with Crippen molar-refractivity contribution in [2.75, 3.05) is 18.4 Å². The monoisotopic (exact) mass is 256 g/mol. The Kier molecular flexibility index (Phi) is 4.09. The number of nitrogens with one attached hydrogen (secondary N) is 2. The van der Waals surface area contributed by atoms with Gasteiger partial charge in [-0.3, -0.25) is 4.79 Å². The SMILES string of the molecule is O=C(Nc1ccccc1OC(F)F)C1CCNC1. The molecule has 0 radical (unpaired) electrons. The first-order chi connectivity index (χ1) is 8.66. The smallest absolute Gasteiger partial charge is 0.387 e. The molecule has 1 aliphatic rings. The van der Waals surface area contributed by atoms with Gasteiger partial charge < -0.3 is 15.4 Å². The summed E-state index contributed by atoms with van der Waals surface area (Å²) >= 11 is 0. The van der Waals surface area contributed by atoms with Gasteiger partial charge in [-0.2, -0.15) is 8.78 Å². The van der Waals surface area contributed by atoms with E-state index in [4.69, 9.17) is 0 Å². The molecule has 1 aromatic carbocycles. The van der Waals surface area contributed by atoms with Crippen LogP contribution >= 0.6 is 0 Å². The summed E-state index contributed by atoms with van der Waals surface area (Å²) in [6.45, 7) is -1.49. The van der Waals surface area contributed by atoms with Crippen LogP contribution in [0.15, 0.2) is 24.3 Å². The molecule has 98 valence electrons. The number of hydrogen-bond donors (Lipinski definition) is 2. The maximum atomic E-state index is 12.2. The van der Waals surface area contributed by atoms with Crippen LogP contribution < -0.4 is 15.4 Å². The summed E-state index contributed by atoms with van der Waals surface area (Å²) < 4.78 is 28.7. The fourth-order valence-electron chi connectivity index (χ4n) is 1.88. The number of rotatable bonds is 4. The van der Waals surface area contributed by atoms with Crippen LogP contribution in [0.3, 0.4) is 0 Å². The van der Waals surface area contributed by atoms with Crippen LogP contribution in [-0.2, 0) is 4.79 Å². The number of hydrogen-bond acceptors (Lipinski definition) is 3. The number of ether oxygens (including phenoxy) is 1. The van der Waals surface area contributed by atoms with Crippen LogP contribution in [-0.4, -0.2) is 25.6 Å². The third-order valence-electron chi connectivity index (χ3n) is 2.79. The number of benzene rings is 1. The van der Waals surface area contributed by atoms with E-state index in [1.165, 1.54) is 12.1 Å². The summed E-state index contributed by atoms with van der Waals surface area (Å²) in [7, 11) is 0. The minimum Gasteiger partial charge on any atom is -0.433 e. The Morgan fingerprint density at radius 1 is 1.44 bits per heavy atom. The number of carbonyl (C=O) groups is 1. The first-order valence-electron chi connectivity index (χ1n) is 5.72. The van der Waals surface area contributed by atoms with E-state index in [0.717, 1.165) is 13.0 Å². The molecule has 4 nitrogen and oxygen atoms in total. The summed E-state index contributed by atoms with van der Waals surface area (Å²) in [5.41, 5.74) is 0.273. The highest BCUT2D eigenvalue weighted by Gasteiger charge is 2.23. The lowest BCUT2D eigenvalue weighted by atomic mass is 10.1. The van der Waals surface area contributed by atoms with Gasteiger partial charge in [0.15, 0.2) is 0 Å². The third kappa shape index (κ3) is 3.16. The van der Waals surface area contributed by atoms with Crippen molar-refractivity contribution in [3.8, 4) is 5.75 Å². The first-order valence-corrected chi connectivity index (χ1v) is 5.72. The molecular weight excluding hydrogens is 242 g/mol. The van der Waals surface area contributed by atoms with Crippen molar-refractivity contribution in [1.82, 2.24) is 5.32 Å². The van der Waals surface area contributed by atoms with Gasteiger partial charge in [0, 0.05) is 6.54 Å². The third-order valence-corrected chi connectivity index (χ3v) is 2.79. The van der Waals surface area contributed by atoms with E-state index in [2.05, 4.69) is 15.4 Å². The van der Waals surface area contributed by atoms with Crippen molar-refractivity contribution in [2.24, 2.45) is 5.92 Å². The molecule has 1 aliphatic heterocycles. The Balaban J connectivity index is 2.05. The largest absolute Gasteiger partial charge is 0.433 e. The molecule has 2 rings (SSSR count). The van der Waals surface area contributed by atoms with E-state index in [9.17, 15) is 13.6 Å². The number of anilines is 1. The summed E-state index contributed by atoms with van der Waals surface area (Å²) in [6.07, 6.45) is 0.754. The lowest BCUT2D eigenvalue weighted by Crippen LogP contribution is -2.25. The van der Waals surface area contributed by atoms with Crippen LogP contribution in [0.4, 0.5) is 14.5 Å². The average molecular weight is 256 g/mol. The molecule has 0 aliphatic carbocycles. The van der Waals surface area contributed by atoms with Gasteiger partial charge in [0.05, 0.1) is 11.6 Å². The quantitative estimate of drug-likeness (QED) is 0.864. The number of halogens is 2. The van der Waals surface area contributed by atoms with Crippen LogP contribution in [0.5, 0.6) is 5.75 Å². The van der Waals surface area contributed by atoms with E-state index in [-0.39, 0.29) is 23.3 Å². The van der Waals surface area contributed by atoms with E-state index in [0.29, 0.717) is 6.54 Å². The fraction of sp³-hybridized carbons (Fsp3) is 0.417. The zero-order chi connectivity index (χ0) is 13.0. The predicted octanol–water partition coefficient (Wildman–Crippen LogP) is 1.84. The van der Waals surface area contributed by atoms with E-state index < -0.39 is 6.61 Å². The Bertz CT molecular complexity index is 420. The minimum absolute atomic E-state index is 0.0215. The summed E-state index contributed by atoms with van der Waals surface area (Å²) in [6, 6.07) is 6.16. The number of para-hydroxylation sites is 2. The van der Waals surface area contributed by atoms with Gasteiger partial charge in [0.2, 0.25) is 5.91 Å². The van der Waals surface area contributed by atoms with Crippen LogP contribution in [0, 0.1) is 5.92 Å². The Labute approximate surface area is 103 Å². The molecule has 1 amide bonds. The maximum absolute atomic E-state index is 12.2. The van der Waals surface area contributed by atoms with Gasteiger partial charge in [-0.1, -0.05) is 12.1 Å². The first kappa shape index (κ1) is 12.8. The highest BCUT2D eigenvalue weighted by Crippen LogP contribution is 2.26. The maximum Gasteiger partial charge on any atom is 0.387 e. The zero-order valence-corrected chi connectivity index (χ0v) is 9.66. The molecule has 1 fully saturated rings. The van der Waals surface area contributed by atoms with Crippen molar-refractivity contribution >= 4 is 11.6 Å². The Morgan fingerprint density at radius 2 is 2.22 bits per heavy atom. The lowest BCUT2D eigenvalue weighted by molar-refractivity contribution is -0.119. The molecular formula is C12H14F2N2O2. The highest BCUT2D eigenvalue weighted by molar-refractivity contribution is 5.94. The van der Waals surface area contributed by atoms with Gasteiger partial charge in [-0.05, 0) is 25.1 Å². The van der Waals surface area contributed by atoms with E-state index in [1.807, 2.05) is 0 Å². The molecule has 0 bridgehead atoms. The Hall–Kier alpha value is -1.69. The molecule has 0 aromatic heterocycles. The standard InChI is InChI=1S/C12H14F2N2O2/c13-12(14)18-10-4-2-1-3-9(10)16-11(17)8-5-6-15-7-8/h1-4,8,12,15H,5-7H2,(H,16,17). The van der Waals surface area contributed by atoms with E-state index in [1.54, 1.807) is 12.1 Å². The van der Waals surface area contributed by atoms with Crippen molar-refractivity contribution in [3.63, 3.8) is 0 Å². The molecule has 0 spiro atoms. The van der Waals surface area contributed by atoms with Gasteiger partial charge in [-0.25, -0.2) is 0 Å². The molecule has 6 heteroatoms. The van der Waals surface area contributed by atoms with Crippen molar-refractivity contribution in [3.05, 3.63) is 24.3 Å². The number of amides is 1. The summed E-state index contributed by atoms with van der Waals surface area (Å²) in [5.74, 6) is -0.318.